The molecule has 7 heteroatoms. The zero-order chi connectivity index (χ0) is 12.1. The number of hydrogen-bond donors (Lipinski definition) is 2. The first kappa shape index (κ1) is 11.9. The molecule has 0 radical (unpaired) electrons. The first-order valence-electron chi connectivity index (χ1n) is 4.45. The Bertz CT molecular complexity index is 407. The molecule has 86 valence electrons. The summed E-state index contributed by atoms with van der Waals surface area (Å²) in [6, 6.07) is -0.875. The fourth-order valence-corrected chi connectivity index (χ4v) is 0.957. The van der Waals surface area contributed by atoms with Crippen LogP contribution in [0.3, 0.4) is 0 Å². The molecule has 0 aliphatic heterocycles. The lowest BCUT2D eigenvalue weighted by molar-refractivity contribution is -0.137. The van der Waals surface area contributed by atoms with Gasteiger partial charge in [0, 0.05) is 12.4 Å². The van der Waals surface area contributed by atoms with Crippen LogP contribution >= 0.6 is 0 Å². The fourth-order valence-electron chi connectivity index (χ4n) is 0.957. The second-order valence-corrected chi connectivity index (χ2v) is 2.95. The highest BCUT2D eigenvalue weighted by Crippen LogP contribution is 2.10. The minimum absolute atomic E-state index is 0.0434. The van der Waals surface area contributed by atoms with E-state index in [4.69, 9.17) is 5.11 Å². The Morgan fingerprint density at radius 2 is 2.06 bits per heavy atom. The Hall–Kier alpha value is -2.18. The van der Waals surface area contributed by atoms with Crippen LogP contribution in [0.25, 0.3) is 0 Å². The summed E-state index contributed by atoms with van der Waals surface area (Å²) < 4.78 is 4.49. The number of ether oxygens (including phenoxy) is 1. The van der Waals surface area contributed by atoms with Crippen molar-refractivity contribution in [3.8, 4) is 0 Å². The number of carbonyl (C=O) groups is 2. The molecule has 0 aliphatic rings. The monoisotopic (exact) mass is 225 g/mol. The maximum Gasteiger partial charge on any atom is 0.360 e. The molecule has 1 rings (SSSR count). The molecule has 1 unspecified atom stereocenters. The Morgan fingerprint density at radius 3 is 2.62 bits per heavy atom. The van der Waals surface area contributed by atoms with Gasteiger partial charge in [-0.1, -0.05) is 0 Å². The summed E-state index contributed by atoms with van der Waals surface area (Å²) in [4.78, 5) is 29.5. The van der Waals surface area contributed by atoms with Crippen LogP contribution in [0, 0.1) is 0 Å². The summed E-state index contributed by atoms with van der Waals surface area (Å²) >= 11 is 0. The van der Waals surface area contributed by atoms with E-state index in [1.165, 1.54) is 26.4 Å². The van der Waals surface area contributed by atoms with E-state index in [0.717, 1.165) is 0 Å². The molecule has 2 N–H and O–H groups in total. The van der Waals surface area contributed by atoms with Crippen LogP contribution in [0.2, 0.25) is 0 Å². The highest BCUT2D eigenvalue weighted by molar-refractivity contribution is 5.93. The molecule has 0 aromatic carbocycles. The van der Waals surface area contributed by atoms with Crippen molar-refractivity contribution in [2.75, 3.05) is 12.4 Å². The van der Waals surface area contributed by atoms with Gasteiger partial charge >= 0.3 is 11.9 Å². The van der Waals surface area contributed by atoms with Gasteiger partial charge in [-0.25, -0.2) is 14.8 Å². The van der Waals surface area contributed by atoms with Crippen molar-refractivity contribution in [3.63, 3.8) is 0 Å². The normalized spacial score (nSPS) is 11.6. The van der Waals surface area contributed by atoms with E-state index in [9.17, 15) is 9.59 Å². The van der Waals surface area contributed by atoms with E-state index in [0.29, 0.717) is 0 Å². The average molecular weight is 225 g/mol. The molecule has 0 saturated carbocycles. The molecule has 0 bridgehead atoms. The summed E-state index contributed by atoms with van der Waals surface area (Å²) in [6.45, 7) is 1.43. The predicted octanol–water partition coefficient (Wildman–Crippen LogP) is 0.148. The number of anilines is 1. The lowest BCUT2D eigenvalue weighted by atomic mass is 10.3. The van der Waals surface area contributed by atoms with Crippen LogP contribution in [0.15, 0.2) is 12.4 Å². The number of esters is 1. The minimum Gasteiger partial charge on any atom is -0.480 e. The minimum atomic E-state index is -1.05. The van der Waals surface area contributed by atoms with Gasteiger partial charge in [-0.05, 0) is 6.92 Å². The summed E-state index contributed by atoms with van der Waals surface area (Å²) in [5.74, 6) is -1.64. The van der Waals surface area contributed by atoms with Crippen LogP contribution in [0.1, 0.15) is 17.4 Å². The Morgan fingerprint density at radius 1 is 1.44 bits per heavy atom. The molecular weight excluding hydrogens is 214 g/mol. The van der Waals surface area contributed by atoms with Gasteiger partial charge < -0.3 is 15.2 Å². The largest absolute Gasteiger partial charge is 0.480 e. The number of nitrogens with one attached hydrogen (secondary N) is 1. The number of methoxy groups -OCH3 is 1. The average Bonchev–Trinajstić information content (AvgIpc) is 2.28. The van der Waals surface area contributed by atoms with E-state index < -0.39 is 18.0 Å². The van der Waals surface area contributed by atoms with Gasteiger partial charge in [-0.2, -0.15) is 0 Å². The summed E-state index contributed by atoms with van der Waals surface area (Å²) in [5.41, 5.74) is -0.0434. The van der Waals surface area contributed by atoms with Crippen molar-refractivity contribution in [2.45, 2.75) is 13.0 Å². The van der Waals surface area contributed by atoms with Gasteiger partial charge in [-0.3, -0.25) is 4.79 Å². The van der Waals surface area contributed by atoms with Gasteiger partial charge in [0.2, 0.25) is 0 Å². The molecule has 1 aromatic rings. The molecule has 1 aromatic heterocycles. The van der Waals surface area contributed by atoms with Crippen LogP contribution in [-0.4, -0.2) is 40.2 Å². The van der Waals surface area contributed by atoms with Crippen molar-refractivity contribution in [1.82, 2.24) is 9.97 Å². The van der Waals surface area contributed by atoms with E-state index in [1.54, 1.807) is 0 Å². The number of nitrogens with zero attached hydrogens (tertiary/aromatic N) is 2. The molecule has 16 heavy (non-hydrogen) atoms. The van der Waals surface area contributed by atoms with Gasteiger partial charge in [0.1, 0.15) is 6.04 Å². The first-order valence-corrected chi connectivity index (χ1v) is 4.45. The van der Waals surface area contributed by atoms with Gasteiger partial charge in [-0.15, -0.1) is 0 Å². The van der Waals surface area contributed by atoms with Crippen LogP contribution in [0.4, 0.5) is 5.82 Å². The molecule has 1 heterocycles. The molecule has 1 atom stereocenters. The quantitative estimate of drug-likeness (QED) is 0.703. The molecular formula is C9H11N3O4. The second kappa shape index (κ2) is 5.06. The number of aliphatic carboxylic acids is 1. The summed E-state index contributed by atoms with van der Waals surface area (Å²) in [7, 11) is 1.21. The number of carboxylic acids is 1. The maximum atomic E-state index is 11.3. The molecule has 7 nitrogen and oxygen atoms in total. The fraction of sp³-hybridized carbons (Fsp3) is 0.333. The van der Waals surface area contributed by atoms with E-state index in [-0.39, 0.29) is 11.5 Å². The zero-order valence-corrected chi connectivity index (χ0v) is 8.80. The van der Waals surface area contributed by atoms with Crippen molar-refractivity contribution in [2.24, 2.45) is 0 Å². The Labute approximate surface area is 91.5 Å². The van der Waals surface area contributed by atoms with E-state index >= 15 is 0 Å². The summed E-state index contributed by atoms with van der Waals surface area (Å²) in [5, 5.41) is 11.3. The number of hydrogen-bond acceptors (Lipinski definition) is 6. The Kier molecular flexibility index (Phi) is 3.76. The smallest absolute Gasteiger partial charge is 0.360 e. The van der Waals surface area contributed by atoms with Crippen molar-refractivity contribution in [1.29, 1.82) is 0 Å². The third kappa shape index (κ3) is 2.66. The van der Waals surface area contributed by atoms with Gasteiger partial charge in [0.05, 0.1) is 7.11 Å². The van der Waals surface area contributed by atoms with Crippen molar-refractivity contribution in [3.05, 3.63) is 18.1 Å². The number of carbonyl (C=O) groups excluding carboxylic acids is 1. The van der Waals surface area contributed by atoms with E-state index in [1.807, 2.05) is 0 Å². The third-order valence-electron chi connectivity index (χ3n) is 1.80. The SMILES string of the molecule is COC(=O)c1nccnc1NC(C)C(=O)O. The highest BCUT2D eigenvalue weighted by Gasteiger charge is 2.18. The number of carboxylic acid groups (broad SMARTS) is 1. The molecule has 0 fully saturated rings. The van der Waals surface area contributed by atoms with Crippen LogP contribution in [0.5, 0.6) is 0 Å². The van der Waals surface area contributed by atoms with Crippen LogP contribution < -0.4 is 5.32 Å². The van der Waals surface area contributed by atoms with E-state index in [2.05, 4.69) is 20.0 Å². The molecule has 0 saturated heterocycles. The Balaban J connectivity index is 2.95. The lowest BCUT2D eigenvalue weighted by Crippen LogP contribution is -2.27. The van der Waals surface area contributed by atoms with Crippen molar-refractivity contribution >= 4 is 17.8 Å². The molecule has 0 aliphatic carbocycles. The summed E-state index contributed by atoms with van der Waals surface area (Å²) in [6.07, 6.45) is 2.67. The topological polar surface area (TPSA) is 101 Å². The van der Waals surface area contributed by atoms with Gasteiger partial charge in [0.25, 0.3) is 0 Å². The zero-order valence-electron chi connectivity index (χ0n) is 8.80. The number of aromatic nitrogens is 2. The lowest BCUT2D eigenvalue weighted by Gasteiger charge is -2.11. The maximum absolute atomic E-state index is 11.3. The van der Waals surface area contributed by atoms with Crippen LogP contribution in [-0.2, 0) is 9.53 Å². The predicted molar refractivity (Wildman–Crippen MR) is 54.1 cm³/mol. The highest BCUT2D eigenvalue weighted by atomic mass is 16.5. The second-order valence-electron chi connectivity index (χ2n) is 2.95. The first-order chi connectivity index (χ1) is 7.56. The standard InChI is InChI=1S/C9H11N3O4/c1-5(8(13)14)12-7-6(9(15)16-2)10-3-4-11-7/h3-5H,1-2H3,(H,11,12)(H,13,14). The molecule has 0 spiro atoms. The van der Waals surface area contributed by atoms with Crippen molar-refractivity contribution < 1.29 is 19.4 Å². The number of rotatable bonds is 4. The van der Waals surface area contributed by atoms with Gasteiger partial charge in [0.15, 0.2) is 11.5 Å². The third-order valence-corrected chi connectivity index (χ3v) is 1.80. The molecule has 0 amide bonds.